The van der Waals surface area contributed by atoms with Crippen LogP contribution in [0.2, 0.25) is 0 Å². The number of hydrogen-bond acceptors (Lipinski definition) is 5. The fraction of sp³-hybridized carbons (Fsp3) is 0.200. The summed E-state index contributed by atoms with van der Waals surface area (Å²) in [5.41, 5.74) is 3.10. The van der Waals surface area contributed by atoms with E-state index in [1.165, 1.54) is 11.3 Å². The maximum atomic E-state index is 13.7. The number of allylic oxidation sites excluding steroid dienone is 1. The van der Waals surface area contributed by atoms with E-state index in [0.717, 1.165) is 16.9 Å². The summed E-state index contributed by atoms with van der Waals surface area (Å²) in [6.45, 7) is 3.98. The summed E-state index contributed by atoms with van der Waals surface area (Å²) >= 11 is 1.42. The van der Waals surface area contributed by atoms with Crippen LogP contribution in [0.4, 0.5) is 5.69 Å². The lowest BCUT2D eigenvalue weighted by molar-refractivity contribution is -0.138. The highest BCUT2D eigenvalue weighted by Gasteiger charge is 2.47. The van der Waals surface area contributed by atoms with E-state index >= 15 is 0 Å². The Morgan fingerprint density at radius 3 is 2.23 bits per heavy atom. The van der Waals surface area contributed by atoms with E-state index in [1.807, 2.05) is 90.0 Å². The summed E-state index contributed by atoms with van der Waals surface area (Å²) in [4.78, 5) is 29.5. The number of carbonyl (C=O) groups excluding carboxylic acids is 2. The molecule has 0 saturated carbocycles. The van der Waals surface area contributed by atoms with Gasteiger partial charge in [0.15, 0.2) is 5.78 Å². The maximum absolute atomic E-state index is 13.7. The molecule has 0 fully saturated rings. The summed E-state index contributed by atoms with van der Waals surface area (Å²) in [5, 5.41) is 1.90. The van der Waals surface area contributed by atoms with E-state index in [1.54, 1.807) is 6.92 Å². The molecule has 152 valence electrons. The lowest BCUT2D eigenvalue weighted by atomic mass is 9.84. The zero-order chi connectivity index (χ0) is 21.1. The molecule has 0 bridgehead atoms. The molecular formula is C25H23NO3S. The molecule has 0 N–H and O–H groups in total. The van der Waals surface area contributed by atoms with Crippen LogP contribution in [0.1, 0.15) is 35.0 Å². The van der Waals surface area contributed by atoms with Crippen LogP contribution in [0.25, 0.3) is 0 Å². The van der Waals surface area contributed by atoms with Gasteiger partial charge in [-0.2, -0.15) is 0 Å². The standard InChI is InChI=1S/C25H23NO3S/c1-3-29-25(28)21-17(2)26(19-13-8-5-9-14-19)23(24(27)20-15-10-16-30-20)22(21)18-11-6-4-7-12-18/h4-16,22-23H,3H2,1-2H3. The molecule has 2 heterocycles. The molecular weight excluding hydrogens is 394 g/mol. The summed E-state index contributed by atoms with van der Waals surface area (Å²) in [6, 6.07) is 22.7. The molecule has 0 radical (unpaired) electrons. The second-order valence-corrected chi connectivity index (χ2v) is 8.05. The van der Waals surface area contributed by atoms with Crippen LogP contribution < -0.4 is 4.90 Å². The largest absolute Gasteiger partial charge is 0.463 e. The number of benzene rings is 2. The predicted octanol–water partition coefficient (Wildman–Crippen LogP) is 5.44. The molecule has 1 aromatic heterocycles. The molecule has 0 spiro atoms. The first-order chi connectivity index (χ1) is 14.6. The first-order valence-corrected chi connectivity index (χ1v) is 10.9. The van der Waals surface area contributed by atoms with E-state index in [4.69, 9.17) is 4.74 Å². The monoisotopic (exact) mass is 417 g/mol. The highest BCUT2D eigenvalue weighted by molar-refractivity contribution is 7.12. The number of Topliss-reactive ketones (excluding diaryl/α,β-unsaturated/α-hetero) is 1. The molecule has 0 amide bonds. The van der Waals surface area contributed by atoms with E-state index in [2.05, 4.69) is 0 Å². The number of para-hydroxylation sites is 1. The van der Waals surface area contributed by atoms with E-state index < -0.39 is 12.0 Å². The molecule has 2 aromatic carbocycles. The zero-order valence-corrected chi connectivity index (χ0v) is 17.8. The Hall–Kier alpha value is -3.18. The predicted molar refractivity (Wildman–Crippen MR) is 120 cm³/mol. The van der Waals surface area contributed by atoms with Gasteiger partial charge in [-0.15, -0.1) is 11.3 Å². The number of thiophene rings is 1. The lowest BCUT2D eigenvalue weighted by Crippen LogP contribution is -2.40. The second-order valence-electron chi connectivity index (χ2n) is 7.10. The van der Waals surface area contributed by atoms with Crippen molar-refractivity contribution >= 4 is 28.8 Å². The minimum absolute atomic E-state index is 0.00125. The van der Waals surface area contributed by atoms with Gasteiger partial charge in [-0.3, -0.25) is 4.79 Å². The van der Waals surface area contributed by atoms with Gasteiger partial charge in [-0.05, 0) is 43.0 Å². The lowest BCUT2D eigenvalue weighted by Gasteiger charge is -2.30. The van der Waals surface area contributed by atoms with Gasteiger partial charge in [-0.25, -0.2) is 4.79 Å². The van der Waals surface area contributed by atoms with Gasteiger partial charge in [0.1, 0.15) is 6.04 Å². The minimum atomic E-state index is -0.562. The van der Waals surface area contributed by atoms with Crippen molar-refractivity contribution in [2.75, 3.05) is 11.5 Å². The summed E-state index contributed by atoms with van der Waals surface area (Å²) in [5.74, 6) is -0.785. The molecule has 4 rings (SSSR count). The third-order valence-corrected chi connectivity index (χ3v) is 6.26. The van der Waals surface area contributed by atoms with E-state index in [-0.39, 0.29) is 18.4 Å². The second kappa shape index (κ2) is 8.67. The number of anilines is 1. The SMILES string of the molecule is CCOC(=O)C1=C(C)N(c2ccccc2)C(C(=O)c2cccs2)C1c1ccccc1. The van der Waals surface area contributed by atoms with Crippen LogP contribution in [0.5, 0.6) is 0 Å². The van der Waals surface area contributed by atoms with Crippen LogP contribution in [0.15, 0.2) is 89.4 Å². The van der Waals surface area contributed by atoms with Crippen LogP contribution in [0.3, 0.4) is 0 Å². The Balaban J connectivity index is 1.92. The van der Waals surface area contributed by atoms with Crippen molar-refractivity contribution in [3.8, 4) is 0 Å². The van der Waals surface area contributed by atoms with Crippen molar-refractivity contribution in [3.05, 3.63) is 99.9 Å². The van der Waals surface area contributed by atoms with Crippen molar-refractivity contribution < 1.29 is 14.3 Å². The summed E-state index contributed by atoms with van der Waals surface area (Å²) < 4.78 is 5.42. The maximum Gasteiger partial charge on any atom is 0.336 e. The Bertz CT molecular complexity index is 1060. The molecule has 4 nitrogen and oxygen atoms in total. The first kappa shape index (κ1) is 20.1. The summed E-state index contributed by atoms with van der Waals surface area (Å²) in [6.07, 6.45) is 0. The molecule has 0 saturated heterocycles. The quantitative estimate of drug-likeness (QED) is 0.396. The van der Waals surface area contributed by atoms with Gasteiger partial charge >= 0.3 is 5.97 Å². The van der Waals surface area contributed by atoms with Crippen LogP contribution in [-0.2, 0) is 9.53 Å². The molecule has 2 unspecified atom stereocenters. The topological polar surface area (TPSA) is 46.6 Å². The van der Waals surface area contributed by atoms with Crippen LogP contribution >= 0.6 is 11.3 Å². The average molecular weight is 418 g/mol. The number of nitrogens with zero attached hydrogens (tertiary/aromatic N) is 1. The van der Waals surface area contributed by atoms with Crippen LogP contribution in [0, 0.1) is 0 Å². The number of hydrogen-bond donors (Lipinski definition) is 0. The van der Waals surface area contributed by atoms with Gasteiger partial charge < -0.3 is 9.64 Å². The molecule has 3 aromatic rings. The van der Waals surface area contributed by atoms with Gasteiger partial charge in [-0.1, -0.05) is 54.6 Å². The van der Waals surface area contributed by atoms with Crippen molar-refractivity contribution in [2.45, 2.75) is 25.8 Å². The molecule has 0 aliphatic carbocycles. The van der Waals surface area contributed by atoms with Crippen LogP contribution in [-0.4, -0.2) is 24.4 Å². The summed E-state index contributed by atoms with van der Waals surface area (Å²) in [7, 11) is 0. The molecule has 30 heavy (non-hydrogen) atoms. The molecule has 5 heteroatoms. The highest BCUT2D eigenvalue weighted by Crippen LogP contribution is 2.45. The van der Waals surface area contributed by atoms with Gasteiger partial charge in [0, 0.05) is 17.3 Å². The molecule has 2 atom stereocenters. The Morgan fingerprint density at radius 2 is 1.63 bits per heavy atom. The Kier molecular flexibility index (Phi) is 5.81. The van der Waals surface area contributed by atoms with Gasteiger partial charge in [0.05, 0.1) is 17.1 Å². The van der Waals surface area contributed by atoms with E-state index in [9.17, 15) is 9.59 Å². The fourth-order valence-corrected chi connectivity index (χ4v) is 4.84. The molecule has 1 aliphatic rings. The third kappa shape index (κ3) is 3.57. The zero-order valence-electron chi connectivity index (χ0n) is 16.9. The highest BCUT2D eigenvalue weighted by atomic mass is 32.1. The fourth-order valence-electron chi connectivity index (χ4n) is 4.14. The third-order valence-electron chi connectivity index (χ3n) is 5.38. The first-order valence-electron chi connectivity index (χ1n) is 9.98. The van der Waals surface area contributed by atoms with Crippen molar-refractivity contribution in [1.29, 1.82) is 0 Å². The van der Waals surface area contributed by atoms with Crippen molar-refractivity contribution in [3.63, 3.8) is 0 Å². The average Bonchev–Trinajstić information content (AvgIpc) is 3.41. The smallest absolute Gasteiger partial charge is 0.336 e. The van der Waals surface area contributed by atoms with Crippen molar-refractivity contribution in [2.24, 2.45) is 0 Å². The van der Waals surface area contributed by atoms with Crippen molar-refractivity contribution in [1.82, 2.24) is 0 Å². The normalized spacial score (nSPS) is 18.5. The number of esters is 1. The van der Waals surface area contributed by atoms with Gasteiger partial charge in [0.25, 0.3) is 0 Å². The van der Waals surface area contributed by atoms with Gasteiger partial charge in [0.2, 0.25) is 0 Å². The number of ketones is 1. The number of carbonyl (C=O) groups is 2. The number of rotatable bonds is 6. The Morgan fingerprint density at radius 1 is 0.967 bits per heavy atom. The number of ether oxygens (including phenoxy) is 1. The Labute approximate surface area is 180 Å². The minimum Gasteiger partial charge on any atom is -0.463 e. The molecule has 1 aliphatic heterocycles. The van der Waals surface area contributed by atoms with E-state index in [0.29, 0.717) is 10.5 Å².